The summed E-state index contributed by atoms with van der Waals surface area (Å²) in [6, 6.07) is 13.5. The van der Waals surface area contributed by atoms with Crippen LogP contribution < -0.4 is 5.32 Å². The normalized spacial score (nSPS) is 9.61. The van der Waals surface area contributed by atoms with Gasteiger partial charge in [0.05, 0.1) is 10.5 Å². The maximum absolute atomic E-state index is 12.2. The highest BCUT2D eigenvalue weighted by molar-refractivity contribution is 5.97. The number of nitro groups is 1. The Morgan fingerprint density at radius 2 is 1.91 bits per heavy atom. The quantitative estimate of drug-likeness (QED) is 0.536. The lowest BCUT2D eigenvalue weighted by Gasteiger charge is -2.06. The van der Waals surface area contributed by atoms with Crippen molar-refractivity contribution < 1.29 is 9.72 Å². The molecule has 5 nitrogen and oxygen atoms in total. The van der Waals surface area contributed by atoms with Crippen molar-refractivity contribution in [1.82, 2.24) is 5.32 Å². The number of hydrogen-bond acceptors (Lipinski definition) is 3. The maximum atomic E-state index is 12.2. The van der Waals surface area contributed by atoms with E-state index in [1.165, 1.54) is 18.2 Å². The van der Waals surface area contributed by atoms with Crippen molar-refractivity contribution >= 4 is 11.6 Å². The van der Waals surface area contributed by atoms with E-state index in [9.17, 15) is 14.9 Å². The summed E-state index contributed by atoms with van der Waals surface area (Å²) in [6.45, 7) is 2.44. The van der Waals surface area contributed by atoms with Gasteiger partial charge in [0.1, 0.15) is 0 Å². The Hall–Kier alpha value is -3.13. The fourth-order valence-electron chi connectivity index (χ4n) is 1.94. The Labute approximate surface area is 134 Å². The molecule has 0 fully saturated rings. The lowest BCUT2D eigenvalue weighted by molar-refractivity contribution is -0.384. The van der Waals surface area contributed by atoms with E-state index in [0.717, 1.165) is 12.0 Å². The third-order valence-electron chi connectivity index (χ3n) is 3.11. The van der Waals surface area contributed by atoms with Crippen LogP contribution in [0.2, 0.25) is 0 Å². The average Bonchev–Trinajstić information content (AvgIpc) is 2.58. The van der Waals surface area contributed by atoms with E-state index >= 15 is 0 Å². The molecule has 0 saturated carbocycles. The third-order valence-corrected chi connectivity index (χ3v) is 3.11. The number of carbonyl (C=O) groups is 1. The highest BCUT2D eigenvalue weighted by Gasteiger charge is 2.15. The molecule has 0 bridgehead atoms. The average molecular weight is 308 g/mol. The number of benzene rings is 2. The van der Waals surface area contributed by atoms with Crippen LogP contribution in [-0.4, -0.2) is 17.4 Å². The molecular weight excluding hydrogens is 292 g/mol. The molecule has 0 heterocycles. The molecule has 116 valence electrons. The monoisotopic (exact) mass is 308 g/mol. The van der Waals surface area contributed by atoms with Gasteiger partial charge in [0.2, 0.25) is 0 Å². The number of nitro benzene ring substituents is 1. The van der Waals surface area contributed by atoms with Crippen molar-refractivity contribution in [2.45, 2.75) is 13.3 Å². The van der Waals surface area contributed by atoms with Crippen molar-refractivity contribution in [3.05, 3.63) is 75.3 Å². The van der Waals surface area contributed by atoms with E-state index in [1.54, 1.807) is 0 Å². The maximum Gasteiger partial charge on any atom is 0.270 e. The summed E-state index contributed by atoms with van der Waals surface area (Å²) in [5.41, 5.74) is 1.37. The van der Waals surface area contributed by atoms with Gasteiger partial charge in [-0.1, -0.05) is 37.0 Å². The molecule has 0 aliphatic rings. The van der Waals surface area contributed by atoms with Crippen LogP contribution in [0.1, 0.15) is 34.8 Å². The number of non-ortho nitro benzene ring substituents is 1. The van der Waals surface area contributed by atoms with Gasteiger partial charge in [-0.25, -0.2) is 0 Å². The van der Waals surface area contributed by atoms with E-state index in [-0.39, 0.29) is 17.2 Å². The molecule has 0 saturated heterocycles. The van der Waals surface area contributed by atoms with Crippen molar-refractivity contribution in [3.8, 4) is 11.8 Å². The minimum absolute atomic E-state index is 0.128. The van der Waals surface area contributed by atoms with E-state index in [0.29, 0.717) is 12.1 Å². The van der Waals surface area contributed by atoms with Gasteiger partial charge >= 0.3 is 0 Å². The van der Waals surface area contributed by atoms with Crippen molar-refractivity contribution in [3.63, 3.8) is 0 Å². The highest BCUT2D eigenvalue weighted by Crippen LogP contribution is 2.17. The van der Waals surface area contributed by atoms with Crippen LogP contribution in [0, 0.1) is 22.0 Å². The fourth-order valence-corrected chi connectivity index (χ4v) is 1.94. The van der Waals surface area contributed by atoms with Gasteiger partial charge in [0, 0.05) is 29.8 Å². The van der Waals surface area contributed by atoms with Crippen LogP contribution in [-0.2, 0) is 0 Å². The Kier molecular flexibility index (Phi) is 5.48. The number of nitrogens with zero attached hydrogens (tertiary/aromatic N) is 1. The first kappa shape index (κ1) is 16.2. The summed E-state index contributed by atoms with van der Waals surface area (Å²) < 4.78 is 0. The summed E-state index contributed by atoms with van der Waals surface area (Å²) in [6.07, 6.45) is 0.783. The molecule has 2 rings (SSSR count). The van der Waals surface area contributed by atoms with Crippen LogP contribution in [0.5, 0.6) is 0 Å². The number of amides is 1. The van der Waals surface area contributed by atoms with Gasteiger partial charge in [-0.15, -0.1) is 0 Å². The largest absolute Gasteiger partial charge is 0.352 e. The molecule has 2 aromatic carbocycles. The molecule has 1 amide bonds. The van der Waals surface area contributed by atoms with Gasteiger partial charge in [0.15, 0.2) is 0 Å². The highest BCUT2D eigenvalue weighted by atomic mass is 16.6. The minimum atomic E-state index is -0.523. The van der Waals surface area contributed by atoms with Crippen molar-refractivity contribution in [1.29, 1.82) is 0 Å². The van der Waals surface area contributed by atoms with Gasteiger partial charge < -0.3 is 5.32 Å². The second-order valence-corrected chi connectivity index (χ2v) is 4.86. The summed E-state index contributed by atoms with van der Waals surface area (Å²) in [4.78, 5) is 22.6. The molecule has 2 aromatic rings. The molecule has 0 unspecified atom stereocenters. The SMILES string of the molecule is CCCNC(=O)c1cc([N+](=O)[O-])ccc1C#Cc1ccccc1. The van der Waals surface area contributed by atoms with Crippen LogP contribution in [0.25, 0.3) is 0 Å². The van der Waals surface area contributed by atoms with Gasteiger partial charge in [-0.3, -0.25) is 14.9 Å². The molecule has 0 atom stereocenters. The standard InChI is InChI=1S/C18H16N2O3/c1-2-12-19-18(21)17-13-16(20(22)23)11-10-15(17)9-8-14-6-4-3-5-7-14/h3-7,10-11,13H,2,12H2,1H3,(H,19,21). The van der Waals surface area contributed by atoms with E-state index < -0.39 is 4.92 Å². The summed E-state index contributed by atoms with van der Waals surface area (Å²) in [5, 5.41) is 13.6. The summed E-state index contributed by atoms with van der Waals surface area (Å²) in [7, 11) is 0. The fraction of sp³-hybridized carbons (Fsp3) is 0.167. The molecule has 0 radical (unpaired) electrons. The molecule has 0 aliphatic carbocycles. The summed E-state index contributed by atoms with van der Waals surface area (Å²) >= 11 is 0. The first-order valence-corrected chi connectivity index (χ1v) is 7.25. The van der Waals surface area contributed by atoms with Crippen LogP contribution >= 0.6 is 0 Å². The topological polar surface area (TPSA) is 72.2 Å². The summed E-state index contributed by atoms with van der Waals surface area (Å²) in [5.74, 6) is 5.53. The Morgan fingerprint density at radius 1 is 1.17 bits per heavy atom. The van der Waals surface area contributed by atoms with Crippen molar-refractivity contribution in [2.75, 3.05) is 6.54 Å². The van der Waals surface area contributed by atoms with E-state index in [4.69, 9.17) is 0 Å². The first-order valence-electron chi connectivity index (χ1n) is 7.25. The zero-order chi connectivity index (χ0) is 16.7. The van der Waals surface area contributed by atoms with Gasteiger partial charge in [0.25, 0.3) is 11.6 Å². The molecule has 5 heteroatoms. The second-order valence-electron chi connectivity index (χ2n) is 4.86. The number of hydrogen-bond donors (Lipinski definition) is 1. The number of carbonyl (C=O) groups excluding carboxylic acids is 1. The Morgan fingerprint density at radius 3 is 2.57 bits per heavy atom. The van der Waals surface area contributed by atoms with Crippen molar-refractivity contribution in [2.24, 2.45) is 0 Å². The third kappa shape index (κ3) is 4.42. The molecular formula is C18H16N2O3. The predicted molar refractivity (Wildman–Crippen MR) is 88.1 cm³/mol. The zero-order valence-corrected chi connectivity index (χ0v) is 12.7. The minimum Gasteiger partial charge on any atom is -0.352 e. The van der Waals surface area contributed by atoms with Gasteiger partial charge in [-0.05, 0) is 24.6 Å². The predicted octanol–water partition coefficient (Wildman–Crippen LogP) is 3.13. The second kappa shape index (κ2) is 7.76. The molecule has 23 heavy (non-hydrogen) atoms. The first-order chi connectivity index (χ1) is 11.1. The van der Waals surface area contributed by atoms with Gasteiger partial charge in [-0.2, -0.15) is 0 Å². The Bertz CT molecular complexity index is 774. The number of rotatable bonds is 4. The lowest BCUT2D eigenvalue weighted by atomic mass is 10.1. The number of nitrogens with one attached hydrogen (secondary N) is 1. The lowest BCUT2D eigenvalue weighted by Crippen LogP contribution is -2.24. The molecule has 0 aromatic heterocycles. The molecule has 0 spiro atoms. The van der Waals surface area contributed by atoms with E-state index in [1.807, 2.05) is 37.3 Å². The van der Waals surface area contributed by atoms with Crippen LogP contribution in [0.4, 0.5) is 5.69 Å². The van der Waals surface area contributed by atoms with Crippen LogP contribution in [0.3, 0.4) is 0 Å². The van der Waals surface area contributed by atoms with E-state index in [2.05, 4.69) is 17.2 Å². The Balaban J connectivity index is 2.40. The van der Waals surface area contributed by atoms with Crippen LogP contribution in [0.15, 0.2) is 48.5 Å². The molecule has 1 N–H and O–H groups in total. The zero-order valence-electron chi connectivity index (χ0n) is 12.7. The molecule has 0 aliphatic heterocycles. The smallest absolute Gasteiger partial charge is 0.270 e.